The second-order valence-electron chi connectivity index (χ2n) is 8.78. The number of para-hydroxylation sites is 1. The third-order valence-electron chi connectivity index (χ3n) is 6.09. The summed E-state index contributed by atoms with van der Waals surface area (Å²) < 4.78 is 38.0. The largest absolute Gasteiger partial charge is 0.416 e. The molecule has 8 heteroatoms. The van der Waals surface area contributed by atoms with Gasteiger partial charge in [0.2, 0.25) is 5.91 Å². The van der Waals surface area contributed by atoms with Crippen molar-refractivity contribution in [3.05, 3.63) is 64.7 Å². The Kier molecular flexibility index (Phi) is 8.51. The molecule has 180 valence electrons. The number of carbonyl (C=O) groups is 1. The zero-order chi connectivity index (χ0) is 24.0. The Hall–Kier alpha value is -2.42. The molecule has 0 spiro atoms. The molecular weight excluding hydrogens is 431 g/mol. The minimum absolute atomic E-state index is 0.0302. The molecule has 0 bridgehead atoms. The van der Waals surface area contributed by atoms with Crippen LogP contribution in [0.1, 0.15) is 28.7 Å². The van der Waals surface area contributed by atoms with Crippen LogP contribution in [0.3, 0.4) is 0 Å². The molecule has 1 fully saturated rings. The van der Waals surface area contributed by atoms with E-state index >= 15 is 0 Å². The van der Waals surface area contributed by atoms with Gasteiger partial charge in [-0.05, 0) is 55.5 Å². The van der Waals surface area contributed by atoms with Crippen LogP contribution < -0.4 is 5.32 Å². The van der Waals surface area contributed by atoms with Gasteiger partial charge in [-0.25, -0.2) is 0 Å². The fourth-order valence-electron chi connectivity index (χ4n) is 4.11. The van der Waals surface area contributed by atoms with Gasteiger partial charge in [0.1, 0.15) is 0 Å². The number of β-amino-alcohol motifs (C(OH)–C–C–N with tert-alkyl or cyclic N) is 1. The fourth-order valence-corrected chi connectivity index (χ4v) is 4.11. The lowest BCUT2D eigenvalue weighted by molar-refractivity contribution is -0.137. The van der Waals surface area contributed by atoms with Crippen molar-refractivity contribution in [2.45, 2.75) is 39.0 Å². The van der Waals surface area contributed by atoms with Crippen LogP contribution >= 0.6 is 0 Å². The van der Waals surface area contributed by atoms with Crippen molar-refractivity contribution >= 4 is 11.6 Å². The van der Waals surface area contributed by atoms with Crippen molar-refractivity contribution < 1.29 is 23.1 Å². The van der Waals surface area contributed by atoms with Gasteiger partial charge >= 0.3 is 6.18 Å². The highest BCUT2D eigenvalue weighted by molar-refractivity contribution is 5.93. The van der Waals surface area contributed by atoms with Crippen molar-refractivity contribution in [2.24, 2.45) is 0 Å². The van der Waals surface area contributed by atoms with Gasteiger partial charge in [0, 0.05) is 38.4 Å². The van der Waals surface area contributed by atoms with E-state index in [1.54, 1.807) is 0 Å². The normalized spacial score (nSPS) is 16.5. The molecule has 33 heavy (non-hydrogen) atoms. The lowest BCUT2D eigenvalue weighted by atomic mass is 10.0. The number of aliphatic hydroxyl groups is 1. The van der Waals surface area contributed by atoms with Crippen molar-refractivity contribution in [3.8, 4) is 0 Å². The summed E-state index contributed by atoms with van der Waals surface area (Å²) in [5, 5.41) is 13.4. The highest BCUT2D eigenvalue weighted by Gasteiger charge is 2.30. The minimum atomic E-state index is -4.33. The predicted octanol–water partition coefficient (Wildman–Crippen LogP) is 3.87. The summed E-state index contributed by atoms with van der Waals surface area (Å²) in [6.45, 7) is 7.80. The maximum Gasteiger partial charge on any atom is 0.416 e. The summed E-state index contributed by atoms with van der Waals surface area (Å²) in [4.78, 5) is 16.7. The number of amides is 1. The van der Waals surface area contributed by atoms with Crippen LogP contribution in [0.5, 0.6) is 0 Å². The summed E-state index contributed by atoms with van der Waals surface area (Å²) in [5.74, 6) is -0.0302. The number of hydrogen-bond acceptors (Lipinski definition) is 4. The zero-order valence-electron chi connectivity index (χ0n) is 19.2. The number of aliphatic hydroxyl groups excluding tert-OH is 1. The summed E-state index contributed by atoms with van der Waals surface area (Å²) in [6, 6.07) is 11.0. The van der Waals surface area contributed by atoms with E-state index in [0.29, 0.717) is 25.9 Å². The maximum absolute atomic E-state index is 12.7. The molecule has 1 saturated heterocycles. The number of hydrogen-bond donors (Lipinski definition) is 2. The molecule has 2 aromatic carbocycles. The number of nitrogens with zero attached hydrogens (tertiary/aromatic N) is 2. The van der Waals surface area contributed by atoms with E-state index in [1.165, 1.54) is 12.1 Å². The molecule has 2 N–H and O–H groups in total. The number of anilines is 1. The molecule has 0 radical (unpaired) electrons. The molecule has 5 nitrogen and oxygen atoms in total. The summed E-state index contributed by atoms with van der Waals surface area (Å²) in [5.41, 5.74) is 3.07. The quantitative estimate of drug-likeness (QED) is 0.624. The number of halogens is 3. The number of piperazine rings is 1. The highest BCUT2D eigenvalue weighted by Crippen LogP contribution is 2.29. The summed E-state index contributed by atoms with van der Waals surface area (Å²) in [6.07, 6.45) is -3.87. The molecule has 1 aliphatic rings. The second-order valence-corrected chi connectivity index (χ2v) is 8.78. The number of aryl methyl sites for hydroxylation is 3. The van der Waals surface area contributed by atoms with Crippen molar-refractivity contribution in [1.82, 2.24) is 9.80 Å². The van der Waals surface area contributed by atoms with Crippen LogP contribution in [0.4, 0.5) is 18.9 Å². The Balaban J connectivity index is 1.37. The standard InChI is InChI=1S/C25H32F3N3O2/c1-18-4-3-5-19(2)24(18)29-23(33)17-31-14-12-30(13-15-31)16-22(32)11-8-20-6-9-21(10-7-20)25(26,27)28/h3-7,9-10,22,32H,8,11-17H2,1-2H3,(H,29,33). The molecule has 1 atom stereocenters. The van der Waals surface area contributed by atoms with E-state index in [9.17, 15) is 23.1 Å². The lowest BCUT2D eigenvalue weighted by Gasteiger charge is -2.35. The van der Waals surface area contributed by atoms with Crippen LogP contribution in [0.2, 0.25) is 0 Å². The van der Waals surface area contributed by atoms with E-state index in [1.807, 2.05) is 32.0 Å². The fraction of sp³-hybridized carbons (Fsp3) is 0.480. The molecular formula is C25H32F3N3O2. The first-order valence-corrected chi connectivity index (χ1v) is 11.3. The third kappa shape index (κ3) is 7.55. The van der Waals surface area contributed by atoms with Crippen LogP contribution in [0.25, 0.3) is 0 Å². The summed E-state index contributed by atoms with van der Waals surface area (Å²) in [7, 11) is 0. The maximum atomic E-state index is 12.7. The van der Waals surface area contributed by atoms with Crippen LogP contribution in [-0.2, 0) is 17.4 Å². The van der Waals surface area contributed by atoms with E-state index in [0.717, 1.165) is 60.7 Å². The van der Waals surface area contributed by atoms with Crippen molar-refractivity contribution in [3.63, 3.8) is 0 Å². The number of alkyl halides is 3. The number of carbonyl (C=O) groups excluding carboxylic acids is 1. The third-order valence-corrected chi connectivity index (χ3v) is 6.09. The Bertz CT molecular complexity index is 903. The SMILES string of the molecule is Cc1cccc(C)c1NC(=O)CN1CCN(CC(O)CCc2ccc(C(F)(F)F)cc2)CC1. The zero-order valence-corrected chi connectivity index (χ0v) is 19.2. The monoisotopic (exact) mass is 463 g/mol. The van der Waals surface area contributed by atoms with Gasteiger partial charge in [0.25, 0.3) is 0 Å². The average molecular weight is 464 g/mol. The predicted molar refractivity (Wildman–Crippen MR) is 123 cm³/mol. The molecule has 1 heterocycles. The molecule has 0 saturated carbocycles. The molecule has 1 amide bonds. The molecule has 1 unspecified atom stereocenters. The molecule has 1 aliphatic heterocycles. The summed E-state index contributed by atoms with van der Waals surface area (Å²) >= 11 is 0. The second kappa shape index (κ2) is 11.1. The van der Waals surface area contributed by atoms with Crippen LogP contribution in [0, 0.1) is 13.8 Å². The van der Waals surface area contributed by atoms with Crippen molar-refractivity contribution in [2.75, 3.05) is 44.6 Å². The van der Waals surface area contributed by atoms with Gasteiger partial charge in [-0.2, -0.15) is 13.2 Å². The number of nitrogens with one attached hydrogen (secondary N) is 1. The molecule has 0 aliphatic carbocycles. The lowest BCUT2D eigenvalue weighted by Crippen LogP contribution is -2.50. The van der Waals surface area contributed by atoms with Gasteiger partial charge in [-0.3, -0.25) is 14.6 Å². The van der Waals surface area contributed by atoms with Crippen molar-refractivity contribution in [1.29, 1.82) is 0 Å². The number of rotatable bonds is 8. The first kappa shape index (κ1) is 25.2. The topological polar surface area (TPSA) is 55.8 Å². The van der Waals surface area contributed by atoms with E-state index < -0.39 is 17.8 Å². The molecule has 3 rings (SSSR count). The van der Waals surface area contributed by atoms with Gasteiger partial charge in [0.05, 0.1) is 18.2 Å². The first-order valence-electron chi connectivity index (χ1n) is 11.3. The average Bonchev–Trinajstić information content (AvgIpc) is 2.76. The Morgan fingerprint density at radius 2 is 1.58 bits per heavy atom. The Morgan fingerprint density at radius 3 is 2.15 bits per heavy atom. The van der Waals surface area contributed by atoms with Gasteiger partial charge < -0.3 is 10.4 Å². The van der Waals surface area contributed by atoms with Crippen LogP contribution in [-0.4, -0.2) is 66.2 Å². The minimum Gasteiger partial charge on any atom is -0.392 e. The molecule has 0 aromatic heterocycles. The van der Waals surface area contributed by atoms with E-state index in [2.05, 4.69) is 15.1 Å². The van der Waals surface area contributed by atoms with Gasteiger partial charge in [-0.1, -0.05) is 30.3 Å². The van der Waals surface area contributed by atoms with Gasteiger partial charge in [-0.15, -0.1) is 0 Å². The number of benzene rings is 2. The van der Waals surface area contributed by atoms with Gasteiger partial charge in [0.15, 0.2) is 0 Å². The first-order chi connectivity index (χ1) is 15.6. The Morgan fingerprint density at radius 1 is 1.00 bits per heavy atom. The highest BCUT2D eigenvalue weighted by atomic mass is 19.4. The smallest absolute Gasteiger partial charge is 0.392 e. The molecule has 2 aromatic rings. The van der Waals surface area contributed by atoms with E-state index in [-0.39, 0.29) is 5.91 Å². The Labute approximate surface area is 193 Å². The van der Waals surface area contributed by atoms with Crippen LogP contribution in [0.15, 0.2) is 42.5 Å². The van der Waals surface area contributed by atoms with E-state index in [4.69, 9.17) is 0 Å².